The number of carbonyl (C=O) groups is 1. The molecule has 0 aliphatic heterocycles. The molecule has 5 nitrogen and oxygen atoms in total. The third-order valence-electron chi connectivity index (χ3n) is 2.23. The fourth-order valence-corrected chi connectivity index (χ4v) is 1.85. The fourth-order valence-electron chi connectivity index (χ4n) is 1.42. The number of carbonyl (C=O) groups excluding carboxylic acids is 1. The Bertz CT molecular complexity index is 511. The third kappa shape index (κ3) is 6.36. The van der Waals surface area contributed by atoms with Gasteiger partial charge >= 0.3 is 5.97 Å². The van der Waals surface area contributed by atoms with Gasteiger partial charge in [0.25, 0.3) is 0 Å². The molecular weight excluding hydrogens is 254 g/mol. The van der Waals surface area contributed by atoms with Gasteiger partial charge in [0.2, 0.25) is 10.0 Å². The van der Waals surface area contributed by atoms with Gasteiger partial charge in [0, 0.05) is 19.9 Å². The molecule has 0 saturated heterocycles. The Morgan fingerprint density at radius 2 is 2.00 bits per heavy atom. The predicted octanol–water partition coefficient (Wildman–Crippen LogP) is 0.841. The molecule has 0 radical (unpaired) electrons. The lowest BCUT2D eigenvalue weighted by Crippen LogP contribution is -2.21. The molecule has 0 aliphatic rings. The minimum atomic E-state index is -3.18. The summed E-state index contributed by atoms with van der Waals surface area (Å²) in [7, 11) is -3.18. The highest BCUT2D eigenvalue weighted by molar-refractivity contribution is 7.88. The molecule has 0 unspecified atom stereocenters. The first-order valence-corrected chi connectivity index (χ1v) is 7.42. The van der Waals surface area contributed by atoms with E-state index in [2.05, 4.69) is 4.72 Å². The molecule has 1 aromatic carbocycles. The first kappa shape index (κ1) is 14.7. The molecule has 100 valence electrons. The van der Waals surface area contributed by atoms with Crippen LogP contribution in [0.4, 0.5) is 0 Å². The summed E-state index contributed by atoms with van der Waals surface area (Å²) >= 11 is 0. The Kier molecular flexibility index (Phi) is 5.30. The van der Waals surface area contributed by atoms with Crippen LogP contribution in [0, 0.1) is 0 Å². The summed E-state index contributed by atoms with van der Waals surface area (Å²) in [5.41, 5.74) is 1.88. The summed E-state index contributed by atoms with van der Waals surface area (Å²) in [6, 6.07) is 7.49. The van der Waals surface area contributed by atoms with E-state index in [1.807, 2.05) is 24.3 Å². The Labute approximate surface area is 107 Å². The van der Waals surface area contributed by atoms with Gasteiger partial charge in [0.05, 0.1) is 12.9 Å². The zero-order valence-corrected chi connectivity index (χ0v) is 11.3. The molecule has 1 rings (SSSR count). The van der Waals surface area contributed by atoms with Gasteiger partial charge in [-0.2, -0.15) is 0 Å². The number of esters is 1. The fraction of sp³-hybridized carbons (Fsp3) is 0.417. The maximum atomic E-state index is 11.0. The highest BCUT2D eigenvalue weighted by Gasteiger charge is 2.02. The van der Waals surface area contributed by atoms with E-state index in [0.717, 1.165) is 17.4 Å². The highest BCUT2D eigenvalue weighted by Crippen LogP contribution is 2.06. The summed E-state index contributed by atoms with van der Waals surface area (Å²) in [5.74, 6) is -0.301. The van der Waals surface area contributed by atoms with Crippen LogP contribution in [-0.2, 0) is 32.5 Å². The largest absolute Gasteiger partial charge is 0.466 e. The number of ether oxygens (including phenoxy) is 1. The molecule has 0 saturated carbocycles. The number of benzene rings is 1. The molecule has 0 amide bonds. The second-order valence-electron chi connectivity index (χ2n) is 4.00. The van der Waals surface area contributed by atoms with E-state index in [4.69, 9.17) is 4.74 Å². The van der Waals surface area contributed by atoms with Crippen molar-refractivity contribution in [3.8, 4) is 0 Å². The molecule has 0 aromatic heterocycles. The van der Waals surface area contributed by atoms with E-state index in [0.29, 0.717) is 13.0 Å². The van der Waals surface area contributed by atoms with Crippen LogP contribution in [0.5, 0.6) is 0 Å². The van der Waals surface area contributed by atoms with E-state index in [9.17, 15) is 13.2 Å². The summed E-state index contributed by atoms with van der Waals surface area (Å²) in [5, 5.41) is 0. The van der Waals surface area contributed by atoms with E-state index >= 15 is 0 Å². The molecular formula is C12H17NO4S. The topological polar surface area (TPSA) is 72.5 Å². The van der Waals surface area contributed by atoms with Gasteiger partial charge in [-0.3, -0.25) is 4.79 Å². The quantitative estimate of drug-likeness (QED) is 0.778. The zero-order valence-electron chi connectivity index (χ0n) is 10.5. The van der Waals surface area contributed by atoms with Gasteiger partial charge in [-0.25, -0.2) is 13.1 Å². The zero-order chi connectivity index (χ0) is 13.6. The van der Waals surface area contributed by atoms with Crippen molar-refractivity contribution < 1.29 is 17.9 Å². The van der Waals surface area contributed by atoms with E-state index in [1.165, 1.54) is 6.92 Å². The first-order valence-electron chi connectivity index (χ1n) is 5.52. The summed E-state index contributed by atoms with van der Waals surface area (Å²) in [6.45, 7) is 1.96. The van der Waals surface area contributed by atoms with Crippen molar-refractivity contribution in [3.63, 3.8) is 0 Å². The van der Waals surface area contributed by atoms with E-state index in [-0.39, 0.29) is 12.5 Å². The minimum Gasteiger partial charge on any atom is -0.466 e. The summed E-state index contributed by atoms with van der Waals surface area (Å²) in [6.07, 6.45) is 1.74. The normalized spacial score (nSPS) is 11.2. The second kappa shape index (κ2) is 6.51. The van der Waals surface area contributed by atoms with Crippen LogP contribution >= 0.6 is 0 Å². The van der Waals surface area contributed by atoms with Gasteiger partial charge in [0.15, 0.2) is 0 Å². The molecule has 0 fully saturated rings. The Morgan fingerprint density at radius 1 is 1.33 bits per heavy atom. The highest BCUT2D eigenvalue weighted by atomic mass is 32.2. The van der Waals surface area contributed by atoms with Crippen molar-refractivity contribution in [1.29, 1.82) is 0 Å². The number of sulfonamides is 1. The smallest absolute Gasteiger partial charge is 0.302 e. The molecule has 1 N–H and O–H groups in total. The standard InChI is InChI=1S/C12H17NO4S/c1-10(14)17-7-6-11-4-3-5-12(8-11)9-13-18(2,15)16/h3-5,8,13H,6-7,9H2,1-2H3. The lowest BCUT2D eigenvalue weighted by Gasteiger charge is -2.06. The number of hydrogen-bond acceptors (Lipinski definition) is 4. The van der Waals surface area contributed by atoms with Gasteiger partial charge in [0.1, 0.15) is 0 Å². The van der Waals surface area contributed by atoms with Crippen LogP contribution in [0.15, 0.2) is 24.3 Å². The van der Waals surface area contributed by atoms with Gasteiger partial charge < -0.3 is 4.74 Å². The SMILES string of the molecule is CC(=O)OCCc1cccc(CNS(C)(=O)=O)c1. The van der Waals surface area contributed by atoms with Crippen LogP contribution in [0.3, 0.4) is 0 Å². The lowest BCUT2D eigenvalue weighted by molar-refractivity contribution is -0.140. The molecule has 6 heteroatoms. The molecule has 0 atom stereocenters. The van der Waals surface area contributed by atoms with Crippen LogP contribution in [0.1, 0.15) is 18.1 Å². The predicted molar refractivity (Wildman–Crippen MR) is 68.5 cm³/mol. The molecule has 0 heterocycles. The Morgan fingerprint density at radius 3 is 2.61 bits per heavy atom. The van der Waals surface area contributed by atoms with Crippen molar-refractivity contribution in [2.45, 2.75) is 19.9 Å². The van der Waals surface area contributed by atoms with Crippen molar-refractivity contribution in [2.75, 3.05) is 12.9 Å². The third-order valence-corrected chi connectivity index (χ3v) is 2.89. The van der Waals surface area contributed by atoms with Crippen LogP contribution in [0.2, 0.25) is 0 Å². The summed E-state index contributed by atoms with van der Waals surface area (Å²) < 4.78 is 29.2. The molecule has 1 aromatic rings. The number of rotatable bonds is 6. The monoisotopic (exact) mass is 271 g/mol. The van der Waals surface area contributed by atoms with Crippen LogP contribution < -0.4 is 4.72 Å². The average Bonchev–Trinajstić information content (AvgIpc) is 2.26. The van der Waals surface area contributed by atoms with Crippen molar-refractivity contribution in [1.82, 2.24) is 4.72 Å². The van der Waals surface area contributed by atoms with Crippen LogP contribution in [0.25, 0.3) is 0 Å². The molecule has 18 heavy (non-hydrogen) atoms. The average molecular weight is 271 g/mol. The second-order valence-corrected chi connectivity index (χ2v) is 5.84. The maximum Gasteiger partial charge on any atom is 0.302 e. The van der Waals surface area contributed by atoms with E-state index in [1.54, 1.807) is 0 Å². The van der Waals surface area contributed by atoms with Crippen molar-refractivity contribution in [3.05, 3.63) is 35.4 Å². The molecule has 0 aliphatic carbocycles. The Hall–Kier alpha value is -1.40. The van der Waals surface area contributed by atoms with E-state index < -0.39 is 10.0 Å². The van der Waals surface area contributed by atoms with Gasteiger partial charge in [-0.15, -0.1) is 0 Å². The molecule has 0 spiro atoms. The maximum absolute atomic E-state index is 11.0. The lowest BCUT2D eigenvalue weighted by atomic mass is 10.1. The number of hydrogen-bond donors (Lipinski definition) is 1. The number of nitrogens with one attached hydrogen (secondary N) is 1. The first-order chi connectivity index (χ1) is 8.37. The summed E-state index contributed by atoms with van der Waals surface area (Å²) in [4.78, 5) is 10.6. The van der Waals surface area contributed by atoms with Gasteiger partial charge in [-0.05, 0) is 11.1 Å². The van der Waals surface area contributed by atoms with Crippen molar-refractivity contribution >= 4 is 16.0 Å². The minimum absolute atomic E-state index is 0.264. The van der Waals surface area contributed by atoms with Gasteiger partial charge in [-0.1, -0.05) is 24.3 Å². The van der Waals surface area contributed by atoms with Crippen LogP contribution in [-0.4, -0.2) is 27.2 Å². The molecule has 0 bridgehead atoms. The Balaban J connectivity index is 2.54. The van der Waals surface area contributed by atoms with Crippen molar-refractivity contribution in [2.24, 2.45) is 0 Å².